The van der Waals surface area contributed by atoms with Crippen molar-refractivity contribution in [2.45, 2.75) is 6.54 Å². The number of imide groups is 1. The van der Waals surface area contributed by atoms with Crippen LogP contribution in [0.4, 0.5) is 8.78 Å². The Hall–Kier alpha value is -1.82. The first kappa shape index (κ1) is 11.7. The highest BCUT2D eigenvalue weighted by molar-refractivity contribution is 5.99. The quantitative estimate of drug-likeness (QED) is 0.762. The summed E-state index contributed by atoms with van der Waals surface area (Å²) >= 11 is 0. The normalized spacial score (nSPS) is 16.5. The van der Waals surface area contributed by atoms with E-state index < -0.39 is 23.4 Å². The van der Waals surface area contributed by atoms with Gasteiger partial charge in [-0.2, -0.15) is 0 Å². The molecule has 1 aromatic carbocycles. The first-order valence-corrected chi connectivity index (χ1v) is 5.05. The summed E-state index contributed by atoms with van der Waals surface area (Å²) in [7, 11) is 0. The number of amides is 2. The molecule has 1 fully saturated rings. The number of hydrogen-bond acceptors (Lipinski definition) is 3. The fourth-order valence-electron chi connectivity index (χ4n) is 1.67. The van der Waals surface area contributed by atoms with E-state index in [1.165, 1.54) is 0 Å². The molecule has 1 heterocycles. The minimum absolute atomic E-state index is 0.0591. The van der Waals surface area contributed by atoms with E-state index in [4.69, 9.17) is 0 Å². The number of nitrogens with zero attached hydrogens (tertiary/aromatic N) is 1. The zero-order valence-electron chi connectivity index (χ0n) is 8.87. The van der Waals surface area contributed by atoms with E-state index in [9.17, 15) is 18.4 Å². The van der Waals surface area contributed by atoms with Gasteiger partial charge in [0, 0.05) is 6.07 Å². The first-order valence-electron chi connectivity index (χ1n) is 5.05. The van der Waals surface area contributed by atoms with E-state index >= 15 is 0 Å². The van der Waals surface area contributed by atoms with Gasteiger partial charge in [-0.3, -0.25) is 19.8 Å². The van der Waals surface area contributed by atoms with Gasteiger partial charge in [0.05, 0.1) is 19.6 Å². The zero-order chi connectivity index (χ0) is 12.4. The van der Waals surface area contributed by atoms with Crippen molar-refractivity contribution in [3.8, 4) is 0 Å². The molecule has 17 heavy (non-hydrogen) atoms. The van der Waals surface area contributed by atoms with Gasteiger partial charge < -0.3 is 0 Å². The highest BCUT2D eigenvalue weighted by Crippen LogP contribution is 2.11. The highest BCUT2D eigenvalue weighted by Gasteiger charge is 2.25. The van der Waals surface area contributed by atoms with Crippen LogP contribution < -0.4 is 5.32 Å². The molecule has 0 saturated carbocycles. The van der Waals surface area contributed by atoms with Gasteiger partial charge in [-0.25, -0.2) is 8.78 Å². The number of rotatable bonds is 2. The lowest BCUT2D eigenvalue weighted by atomic mass is 10.2. The maximum atomic E-state index is 12.9. The van der Waals surface area contributed by atoms with Crippen LogP contribution in [0.5, 0.6) is 0 Å². The fraction of sp³-hybridized carbons (Fsp3) is 0.273. The molecule has 0 aliphatic carbocycles. The minimum atomic E-state index is -0.727. The predicted molar refractivity (Wildman–Crippen MR) is 54.8 cm³/mol. The van der Waals surface area contributed by atoms with Gasteiger partial charge in [-0.1, -0.05) is 0 Å². The predicted octanol–water partition coefficient (Wildman–Crippen LogP) is 0.423. The van der Waals surface area contributed by atoms with Crippen molar-refractivity contribution in [1.82, 2.24) is 10.2 Å². The molecule has 1 N–H and O–H groups in total. The van der Waals surface area contributed by atoms with E-state index in [-0.39, 0.29) is 25.2 Å². The number of benzene rings is 1. The molecule has 0 unspecified atom stereocenters. The van der Waals surface area contributed by atoms with Gasteiger partial charge >= 0.3 is 0 Å². The summed E-state index contributed by atoms with van der Waals surface area (Å²) in [5.41, 5.74) is 0.256. The lowest BCUT2D eigenvalue weighted by Crippen LogP contribution is -2.51. The van der Waals surface area contributed by atoms with Crippen molar-refractivity contribution in [3.63, 3.8) is 0 Å². The standard InChI is InChI=1S/C11H10F2N2O2/c12-8-1-7(2-9(13)3-8)6-15-10(16)4-14-5-11(15)17/h1-3,14H,4-6H2. The molecule has 0 atom stereocenters. The topological polar surface area (TPSA) is 49.4 Å². The first-order chi connectivity index (χ1) is 8.06. The van der Waals surface area contributed by atoms with Crippen molar-refractivity contribution in [3.05, 3.63) is 35.4 Å². The molecule has 1 saturated heterocycles. The molecular weight excluding hydrogens is 230 g/mol. The van der Waals surface area contributed by atoms with E-state index in [1.807, 2.05) is 0 Å². The average Bonchev–Trinajstić information content (AvgIpc) is 2.22. The number of carbonyl (C=O) groups is 2. The van der Waals surface area contributed by atoms with Crippen LogP contribution in [0.2, 0.25) is 0 Å². The van der Waals surface area contributed by atoms with Crippen molar-refractivity contribution >= 4 is 11.8 Å². The molecular formula is C11H10F2N2O2. The van der Waals surface area contributed by atoms with Crippen LogP contribution in [0.1, 0.15) is 5.56 Å². The third kappa shape index (κ3) is 2.65. The summed E-state index contributed by atoms with van der Waals surface area (Å²) < 4.78 is 25.9. The van der Waals surface area contributed by atoms with Crippen LogP contribution in [0, 0.1) is 11.6 Å². The van der Waals surface area contributed by atoms with Crippen LogP contribution >= 0.6 is 0 Å². The second-order valence-electron chi connectivity index (χ2n) is 3.75. The lowest BCUT2D eigenvalue weighted by molar-refractivity contribution is -0.147. The molecule has 0 radical (unpaired) electrons. The molecule has 1 aromatic rings. The van der Waals surface area contributed by atoms with Gasteiger partial charge in [-0.05, 0) is 17.7 Å². The maximum Gasteiger partial charge on any atom is 0.243 e. The summed E-state index contributed by atoms with van der Waals surface area (Å²) in [6.07, 6.45) is 0. The second kappa shape index (κ2) is 4.58. The van der Waals surface area contributed by atoms with Gasteiger partial charge in [-0.15, -0.1) is 0 Å². The smallest absolute Gasteiger partial charge is 0.243 e. The Kier molecular flexibility index (Phi) is 3.14. The Bertz CT molecular complexity index is 440. The van der Waals surface area contributed by atoms with Crippen molar-refractivity contribution < 1.29 is 18.4 Å². The van der Waals surface area contributed by atoms with Crippen LogP contribution in [0.15, 0.2) is 18.2 Å². The van der Waals surface area contributed by atoms with Crippen LogP contribution in [0.3, 0.4) is 0 Å². The molecule has 1 aliphatic heterocycles. The Morgan fingerprint density at radius 3 is 2.12 bits per heavy atom. The molecule has 1 aliphatic rings. The zero-order valence-corrected chi connectivity index (χ0v) is 8.87. The third-order valence-corrected chi connectivity index (χ3v) is 2.42. The summed E-state index contributed by atoms with van der Waals surface area (Å²) in [5, 5.41) is 2.63. The number of nitrogens with one attached hydrogen (secondary N) is 1. The number of carbonyl (C=O) groups excluding carboxylic acids is 2. The summed E-state index contributed by atoms with van der Waals surface area (Å²) in [5.74, 6) is -2.25. The molecule has 0 aromatic heterocycles. The van der Waals surface area contributed by atoms with E-state index in [2.05, 4.69) is 5.32 Å². The fourth-order valence-corrected chi connectivity index (χ4v) is 1.67. The molecule has 0 spiro atoms. The molecule has 2 rings (SSSR count). The number of halogens is 2. The van der Waals surface area contributed by atoms with E-state index in [1.54, 1.807) is 0 Å². The summed E-state index contributed by atoms with van der Waals surface area (Å²) in [6.45, 7) is 0.0150. The minimum Gasteiger partial charge on any atom is -0.300 e. The van der Waals surface area contributed by atoms with Crippen molar-refractivity contribution in [2.75, 3.05) is 13.1 Å². The van der Waals surface area contributed by atoms with Gasteiger partial charge in [0.15, 0.2) is 0 Å². The Balaban J connectivity index is 2.19. The summed E-state index contributed by atoms with van der Waals surface area (Å²) in [4.78, 5) is 23.9. The molecule has 90 valence electrons. The van der Waals surface area contributed by atoms with Crippen LogP contribution in [-0.2, 0) is 16.1 Å². The average molecular weight is 240 g/mol. The van der Waals surface area contributed by atoms with Crippen molar-refractivity contribution in [1.29, 1.82) is 0 Å². The molecule has 6 heteroatoms. The van der Waals surface area contributed by atoms with Gasteiger partial charge in [0.25, 0.3) is 0 Å². The Labute approximate surface area is 96.2 Å². The largest absolute Gasteiger partial charge is 0.300 e. The van der Waals surface area contributed by atoms with Crippen LogP contribution in [0.25, 0.3) is 0 Å². The molecule has 4 nitrogen and oxygen atoms in total. The van der Waals surface area contributed by atoms with Gasteiger partial charge in [0.2, 0.25) is 11.8 Å². The van der Waals surface area contributed by atoms with E-state index in [0.717, 1.165) is 23.1 Å². The molecule has 2 amide bonds. The lowest BCUT2D eigenvalue weighted by Gasteiger charge is -2.25. The monoisotopic (exact) mass is 240 g/mol. The summed E-state index contributed by atoms with van der Waals surface area (Å²) in [6, 6.07) is 2.95. The number of piperazine rings is 1. The maximum absolute atomic E-state index is 12.9. The third-order valence-electron chi connectivity index (χ3n) is 2.42. The van der Waals surface area contributed by atoms with Gasteiger partial charge in [0.1, 0.15) is 11.6 Å². The second-order valence-corrected chi connectivity index (χ2v) is 3.75. The SMILES string of the molecule is O=C1CNCC(=O)N1Cc1cc(F)cc(F)c1. The Morgan fingerprint density at radius 2 is 1.59 bits per heavy atom. The highest BCUT2D eigenvalue weighted by atomic mass is 19.1. The Morgan fingerprint density at radius 1 is 1.06 bits per heavy atom. The molecule has 0 bridgehead atoms. The van der Waals surface area contributed by atoms with E-state index in [0.29, 0.717) is 0 Å². The van der Waals surface area contributed by atoms with Crippen LogP contribution in [-0.4, -0.2) is 29.8 Å². The van der Waals surface area contributed by atoms with Crippen molar-refractivity contribution in [2.24, 2.45) is 0 Å². The number of hydrogen-bond donors (Lipinski definition) is 1.